The highest BCUT2D eigenvalue weighted by molar-refractivity contribution is 5.69. The van der Waals surface area contributed by atoms with Crippen LogP contribution >= 0.6 is 0 Å². The fourth-order valence-corrected chi connectivity index (χ4v) is 2.55. The van der Waals surface area contributed by atoms with Crippen LogP contribution in [0.15, 0.2) is 12.4 Å². The molecule has 1 aromatic heterocycles. The van der Waals surface area contributed by atoms with Gasteiger partial charge in [0, 0.05) is 18.3 Å². The maximum Gasteiger partial charge on any atom is 0.306 e. The lowest BCUT2D eigenvalue weighted by atomic mass is 9.82. The molecule has 0 spiro atoms. The zero-order valence-electron chi connectivity index (χ0n) is 11.3. The Bertz CT molecular complexity index is 428. The van der Waals surface area contributed by atoms with Crippen molar-refractivity contribution in [2.75, 3.05) is 11.9 Å². The summed E-state index contributed by atoms with van der Waals surface area (Å²) in [5, 5.41) is 12.3. The molecule has 0 saturated heterocycles. The largest absolute Gasteiger partial charge is 0.481 e. The zero-order valence-corrected chi connectivity index (χ0v) is 11.3. The number of rotatable bonds is 5. The highest BCUT2D eigenvalue weighted by atomic mass is 16.4. The van der Waals surface area contributed by atoms with E-state index in [1.54, 1.807) is 6.33 Å². The van der Waals surface area contributed by atoms with Gasteiger partial charge in [0.15, 0.2) is 0 Å². The van der Waals surface area contributed by atoms with Crippen molar-refractivity contribution in [3.63, 3.8) is 0 Å². The molecule has 1 aliphatic rings. The van der Waals surface area contributed by atoms with Crippen molar-refractivity contribution in [1.29, 1.82) is 0 Å². The predicted molar refractivity (Wildman–Crippen MR) is 73.0 cm³/mol. The van der Waals surface area contributed by atoms with Gasteiger partial charge in [-0.1, -0.05) is 6.92 Å². The van der Waals surface area contributed by atoms with Gasteiger partial charge in [0.1, 0.15) is 12.1 Å². The van der Waals surface area contributed by atoms with Crippen molar-refractivity contribution < 1.29 is 9.90 Å². The van der Waals surface area contributed by atoms with E-state index in [0.717, 1.165) is 50.2 Å². The Hall–Kier alpha value is -1.65. The Balaban J connectivity index is 1.78. The summed E-state index contributed by atoms with van der Waals surface area (Å²) >= 11 is 0. The lowest BCUT2D eigenvalue weighted by molar-refractivity contribution is -0.143. The van der Waals surface area contributed by atoms with Crippen LogP contribution in [0.4, 0.5) is 5.82 Å². The third kappa shape index (κ3) is 3.91. The van der Waals surface area contributed by atoms with E-state index in [4.69, 9.17) is 5.11 Å². The average Bonchev–Trinajstić information content (AvgIpc) is 2.46. The second-order valence-electron chi connectivity index (χ2n) is 5.18. The van der Waals surface area contributed by atoms with Gasteiger partial charge in [-0.3, -0.25) is 4.79 Å². The highest BCUT2D eigenvalue weighted by Gasteiger charge is 2.25. The molecule has 0 amide bonds. The molecule has 104 valence electrons. The molecule has 2 N–H and O–H groups in total. The average molecular weight is 263 g/mol. The van der Waals surface area contributed by atoms with Crippen LogP contribution in [-0.2, 0) is 11.2 Å². The van der Waals surface area contributed by atoms with E-state index >= 15 is 0 Å². The Kier molecular flexibility index (Phi) is 4.71. The molecule has 0 radical (unpaired) electrons. The number of hydrogen-bond acceptors (Lipinski definition) is 4. The third-order valence-electron chi connectivity index (χ3n) is 3.85. The third-order valence-corrected chi connectivity index (χ3v) is 3.85. The maximum absolute atomic E-state index is 10.9. The Labute approximate surface area is 113 Å². The van der Waals surface area contributed by atoms with Crippen LogP contribution in [0.1, 0.15) is 38.3 Å². The van der Waals surface area contributed by atoms with Crippen LogP contribution in [0.25, 0.3) is 0 Å². The topological polar surface area (TPSA) is 75.1 Å². The van der Waals surface area contributed by atoms with E-state index in [1.807, 2.05) is 6.07 Å². The fraction of sp³-hybridized carbons (Fsp3) is 0.643. The van der Waals surface area contributed by atoms with Crippen molar-refractivity contribution in [3.05, 3.63) is 18.1 Å². The smallest absolute Gasteiger partial charge is 0.306 e. The molecule has 5 heteroatoms. The minimum Gasteiger partial charge on any atom is -0.481 e. The van der Waals surface area contributed by atoms with E-state index in [9.17, 15) is 4.79 Å². The Morgan fingerprint density at radius 3 is 2.74 bits per heavy atom. The summed E-state index contributed by atoms with van der Waals surface area (Å²) in [6, 6.07) is 1.98. The van der Waals surface area contributed by atoms with Gasteiger partial charge >= 0.3 is 5.97 Å². The van der Waals surface area contributed by atoms with Gasteiger partial charge in [0.2, 0.25) is 0 Å². The van der Waals surface area contributed by atoms with Gasteiger partial charge in [-0.2, -0.15) is 0 Å². The van der Waals surface area contributed by atoms with E-state index < -0.39 is 5.97 Å². The Morgan fingerprint density at radius 1 is 1.37 bits per heavy atom. The van der Waals surface area contributed by atoms with Gasteiger partial charge in [-0.15, -0.1) is 0 Å². The standard InChI is InChI=1S/C14H21N3O2/c1-2-12-7-13(17-9-16-12)15-8-10-3-5-11(6-4-10)14(18)19/h7,9-11H,2-6,8H2,1H3,(H,18,19)(H,15,16,17). The van der Waals surface area contributed by atoms with Gasteiger partial charge in [-0.25, -0.2) is 9.97 Å². The van der Waals surface area contributed by atoms with Crippen molar-refractivity contribution in [2.45, 2.75) is 39.0 Å². The molecule has 1 aliphatic carbocycles. The molecule has 1 aromatic rings. The number of hydrogen-bond donors (Lipinski definition) is 2. The molecular formula is C14H21N3O2. The molecular weight excluding hydrogens is 242 g/mol. The van der Waals surface area contributed by atoms with Crippen molar-refractivity contribution in [2.24, 2.45) is 11.8 Å². The number of carboxylic acids is 1. The quantitative estimate of drug-likeness (QED) is 0.852. The number of nitrogens with one attached hydrogen (secondary N) is 1. The zero-order chi connectivity index (χ0) is 13.7. The normalized spacial score (nSPS) is 23.0. The summed E-state index contributed by atoms with van der Waals surface area (Å²) in [6.07, 6.45) is 6.05. The highest BCUT2D eigenvalue weighted by Crippen LogP contribution is 2.28. The summed E-state index contributed by atoms with van der Waals surface area (Å²) < 4.78 is 0. The van der Waals surface area contributed by atoms with E-state index in [1.165, 1.54) is 0 Å². The first-order valence-corrected chi connectivity index (χ1v) is 6.96. The van der Waals surface area contributed by atoms with Crippen molar-refractivity contribution in [3.8, 4) is 0 Å². The summed E-state index contributed by atoms with van der Waals surface area (Å²) in [7, 11) is 0. The SMILES string of the molecule is CCc1cc(NCC2CCC(C(=O)O)CC2)ncn1. The molecule has 0 aliphatic heterocycles. The number of aliphatic carboxylic acids is 1. The summed E-state index contributed by atoms with van der Waals surface area (Å²) in [4.78, 5) is 19.2. The minimum absolute atomic E-state index is 0.137. The number of carbonyl (C=O) groups is 1. The van der Waals surface area contributed by atoms with Crippen molar-refractivity contribution >= 4 is 11.8 Å². The Morgan fingerprint density at radius 2 is 2.11 bits per heavy atom. The first-order chi connectivity index (χ1) is 9.19. The summed E-state index contributed by atoms with van der Waals surface area (Å²) in [6.45, 7) is 2.94. The van der Waals surface area contributed by atoms with Gasteiger partial charge < -0.3 is 10.4 Å². The molecule has 1 fully saturated rings. The summed E-state index contributed by atoms with van der Waals surface area (Å²) in [5.41, 5.74) is 1.03. The molecule has 5 nitrogen and oxygen atoms in total. The molecule has 0 unspecified atom stereocenters. The van der Waals surface area contributed by atoms with Crippen LogP contribution < -0.4 is 5.32 Å². The molecule has 19 heavy (non-hydrogen) atoms. The number of anilines is 1. The molecule has 0 atom stereocenters. The lowest BCUT2D eigenvalue weighted by Gasteiger charge is -2.26. The van der Waals surface area contributed by atoms with Gasteiger partial charge in [0.25, 0.3) is 0 Å². The maximum atomic E-state index is 10.9. The van der Waals surface area contributed by atoms with Gasteiger partial charge in [0.05, 0.1) is 5.92 Å². The first-order valence-electron chi connectivity index (χ1n) is 6.96. The van der Waals surface area contributed by atoms with Crippen molar-refractivity contribution in [1.82, 2.24) is 9.97 Å². The number of aryl methyl sites for hydroxylation is 1. The lowest BCUT2D eigenvalue weighted by Crippen LogP contribution is -2.25. The number of aromatic nitrogens is 2. The van der Waals surface area contributed by atoms with Crippen LogP contribution in [0.5, 0.6) is 0 Å². The van der Waals surface area contributed by atoms with Crippen LogP contribution in [-0.4, -0.2) is 27.6 Å². The molecule has 0 bridgehead atoms. The van der Waals surface area contributed by atoms with E-state index in [-0.39, 0.29) is 5.92 Å². The molecule has 1 saturated carbocycles. The van der Waals surface area contributed by atoms with E-state index in [0.29, 0.717) is 5.92 Å². The summed E-state index contributed by atoms with van der Waals surface area (Å²) in [5.74, 6) is 0.639. The fourth-order valence-electron chi connectivity index (χ4n) is 2.55. The number of nitrogens with zero attached hydrogens (tertiary/aromatic N) is 2. The van der Waals surface area contributed by atoms with Crippen LogP contribution in [0.3, 0.4) is 0 Å². The van der Waals surface area contributed by atoms with Crippen LogP contribution in [0, 0.1) is 11.8 Å². The predicted octanol–water partition coefficient (Wildman–Crippen LogP) is 2.34. The molecule has 0 aromatic carbocycles. The minimum atomic E-state index is -0.644. The first kappa shape index (κ1) is 13.8. The second kappa shape index (κ2) is 6.50. The molecule has 1 heterocycles. The van der Waals surface area contributed by atoms with Crippen LogP contribution in [0.2, 0.25) is 0 Å². The second-order valence-corrected chi connectivity index (χ2v) is 5.18. The van der Waals surface area contributed by atoms with Gasteiger partial charge in [-0.05, 0) is 38.0 Å². The number of carboxylic acid groups (broad SMARTS) is 1. The molecule has 2 rings (SSSR count). The van der Waals surface area contributed by atoms with E-state index in [2.05, 4.69) is 22.2 Å². The monoisotopic (exact) mass is 263 g/mol.